The maximum atomic E-state index is 13.1. The van der Waals surface area contributed by atoms with Gasteiger partial charge in [0.1, 0.15) is 5.60 Å². The van der Waals surface area contributed by atoms with E-state index in [-0.39, 0.29) is 11.3 Å². The maximum absolute atomic E-state index is 13.1. The molecule has 134 valence electrons. The molecule has 3 rings (SSSR count). The number of thiophene rings is 1. The summed E-state index contributed by atoms with van der Waals surface area (Å²) < 4.78 is 5.74. The Labute approximate surface area is 158 Å². The summed E-state index contributed by atoms with van der Waals surface area (Å²) in [7, 11) is 1.66. The Bertz CT molecular complexity index is 725. The van der Waals surface area contributed by atoms with Crippen LogP contribution in [0.5, 0.6) is 0 Å². The molecule has 2 aromatic rings. The molecule has 1 aliphatic carbocycles. The van der Waals surface area contributed by atoms with Crippen LogP contribution in [0.25, 0.3) is 0 Å². The molecule has 1 saturated carbocycles. The molecule has 25 heavy (non-hydrogen) atoms. The fraction of sp³-hybridized carbons (Fsp3) is 0.450. The largest absolute Gasteiger partial charge is 0.372 e. The smallest absolute Gasteiger partial charge is 0.231 e. The Balaban J connectivity index is 1.78. The number of hydrogen-bond acceptors (Lipinski definition) is 3. The minimum atomic E-state index is -0.615. The van der Waals surface area contributed by atoms with Gasteiger partial charge in [-0.25, -0.2) is 0 Å². The first kappa shape index (κ1) is 18.4. The van der Waals surface area contributed by atoms with E-state index in [9.17, 15) is 4.79 Å². The van der Waals surface area contributed by atoms with Crippen molar-refractivity contribution in [1.82, 2.24) is 5.32 Å². The SMILES string of the molecule is CO[C@@](C)(CNC(=O)C1(c2cccs2)CCCC1)c1cccc(Cl)c1. The van der Waals surface area contributed by atoms with Crippen LogP contribution in [0.1, 0.15) is 43.0 Å². The lowest BCUT2D eigenvalue weighted by Crippen LogP contribution is -2.47. The molecule has 1 heterocycles. The lowest BCUT2D eigenvalue weighted by atomic mass is 9.83. The van der Waals surface area contributed by atoms with Gasteiger partial charge in [-0.2, -0.15) is 0 Å². The summed E-state index contributed by atoms with van der Waals surface area (Å²) >= 11 is 7.80. The van der Waals surface area contributed by atoms with Gasteiger partial charge < -0.3 is 10.1 Å². The fourth-order valence-corrected chi connectivity index (χ4v) is 4.82. The molecule has 1 aliphatic rings. The first-order valence-electron chi connectivity index (χ1n) is 8.64. The standard InChI is InChI=1S/C20H24ClNO2S/c1-19(24-2,15-7-5-8-16(21)13-15)14-22-18(23)20(10-3-4-11-20)17-9-6-12-25-17/h5-9,12-13H,3-4,10-11,14H2,1-2H3,(H,22,23)/t19-/m0/s1. The van der Waals surface area contributed by atoms with Gasteiger partial charge in [0.05, 0.1) is 12.0 Å². The molecule has 1 fully saturated rings. The maximum Gasteiger partial charge on any atom is 0.231 e. The number of halogens is 1. The van der Waals surface area contributed by atoms with E-state index < -0.39 is 5.60 Å². The Hall–Kier alpha value is -1.36. The van der Waals surface area contributed by atoms with E-state index in [0.717, 1.165) is 31.2 Å². The highest BCUT2D eigenvalue weighted by Crippen LogP contribution is 2.43. The average Bonchev–Trinajstić information content (AvgIpc) is 3.31. The van der Waals surface area contributed by atoms with Crippen molar-refractivity contribution in [3.05, 3.63) is 57.2 Å². The van der Waals surface area contributed by atoms with Crippen LogP contribution in [0.4, 0.5) is 0 Å². The van der Waals surface area contributed by atoms with Crippen LogP contribution in [-0.4, -0.2) is 19.6 Å². The molecular weight excluding hydrogens is 354 g/mol. The van der Waals surface area contributed by atoms with Gasteiger partial charge in [-0.15, -0.1) is 11.3 Å². The predicted octanol–water partition coefficient (Wildman–Crippen LogP) is 4.89. The van der Waals surface area contributed by atoms with Crippen molar-refractivity contribution in [2.45, 2.75) is 43.6 Å². The highest BCUT2D eigenvalue weighted by molar-refractivity contribution is 7.10. The fourth-order valence-electron chi connectivity index (χ4n) is 3.64. The third-order valence-electron chi connectivity index (χ3n) is 5.36. The van der Waals surface area contributed by atoms with E-state index >= 15 is 0 Å². The number of amides is 1. The van der Waals surface area contributed by atoms with E-state index in [2.05, 4.69) is 11.4 Å². The monoisotopic (exact) mass is 377 g/mol. The third kappa shape index (κ3) is 3.62. The Morgan fingerprint density at radius 2 is 2.08 bits per heavy atom. The molecule has 0 radical (unpaired) electrons. The second-order valence-corrected chi connectivity index (χ2v) is 8.28. The number of carbonyl (C=O) groups is 1. The molecule has 0 spiro atoms. The number of rotatable bonds is 6. The first-order chi connectivity index (χ1) is 12.0. The zero-order valence-corrected chi connectivity index (χ0v) is 16.3. The first-order valence-corrected chi connectivity index (χ1v) is 9.89. The predicted molar refractivity (Wildman–Crippen MR) is 103 cm³/mol. The number of carbonyl (C=O) groups excluding carboxylic acids is 1. The molecule has 0 saturated heterocycles. The van der Waals surface area contributed by atoms with Crippen LogP contribution in [0.3, 0.4) is 0 Å². The van der Waals surface area contributed by atoms with Gasteiger partial charge >= 0.3 is 0 Å². The van der Waals surface area contributed by atoms with Crippen molar-refractivity contribution in [1.29, 1.82) is 0 Å². The summed E-state index contributed by atoms with van der Waals surface area (Å²) in [6, 6.07) is 11.7. The number of ether oxygens (including phenoxy) is 1. The topological polar surface area (TPSA) is 38.3 Å². The lowest BCUT2D eigenvalue weighted by molar-refractivity contribution is -0.128. The van der Waals surface area contributed by atoms with Crippen LogP contribution < -0.4 is 5.32 Å². The van der Waals surface area contributed by atoms with Gasteiger partial charge in [-0.05, 0) is 48.9 Å². The molecule has 0 unspecified atom stereocenters. The molecule has 1 atom stereocenters. The molecule has 0 aliphatic heterocycles. The third-order valence-corrected chi connectivity index (χ3v) is 6.67. The summed E-state index contributed by atoms with van der Waals surface area (Å²) in [6.07, 6.45) is 4.03. The molecular formula is C20H24ClNO2S. The molecule has 1 amide bonds. The number of hydrogen-bond donors (Lipinski definition) is 1. The quantitative estimate of drug-likeness (QED) is 0.778. The number of benzene rings is 1. The van der Waals surface area contributed by atoms with Gasteiger partial charge in [-0.1, -0.05) is 42.6 Å². The normalized spacial score (nSPS) is 18.7. The van der Waals surface area contributed by atoms with E-state index in [4.69, 9.17) is 16.3 Å². The van der Waals surface area contributed by atoms with Crippen LogP contribution in [0, 0.1) is 0 Å². The van der Waals surface area contributed by atoms with Crippen molar-refractivity contribution in [2.75, 3.05) is 13.7 Å². The zero-order chi connectivity index (χ0) is 17.9. The highest BCUT2D eigenvalue weighted by atomic mass is 35.5. The Kier molecular flexibility index (Phi) is 5.52. The van der Waals surface area contributed by atoms with Gasteiger partial charge in [0.2, 0.25) is 5.91 Å². The van der Waals surface area contributed by atoms with Gasteiger partial charge in [0, 0.05) is 17.0 Å². The average molecular weight is 378 g/mol. The van der Waals surface area contributed by atoms with Crippen molar-refractivity contribution in [3.63, 3.8) is 0 Å². The summed E-state index contributed by atoms with van der Waals surface area (Å²) in [5, 5.41) is 5.88. The van der Waals surface area contributed by atoms with Crippen LogP contribution >= 0.6 is 22.9 Å². The number of nitrogens with one attached hydrogen (secondary N) is 1. The minimum absolute atomic E-state index is 0.109. The van der Waals surface area contributed by atoms with Gasteiger partial charge in [0.25, 0.3) is 0 Å². The van der Waals surface area contributed by atoms with Crippen molar-refractivity contribution < 1.29 is 9.53 Å². The second-order valence-electron chi connectivity index (χ2n) is 6.89. The summed E-state index contributed by atoms with van der Waals surface area (Å²) in [5.41, 5.74) is -0.0353. The van der Waals surface area contributed by atoms with E-state index in [1.54, 1.807) is 18.4 Å². The number of methoxy groups -OCH3 is 1. The summed E-state index contributed by atoms with van der Waals surface area (Å²) in [6.45, 7) is 2.39. The molecule has 1 N–H and O–H groups in total. The molecule has 1 aromatic carbocycles. The van der Waals surface area contributed by atoms with Crippen molar-refractivity contribution in [2.24, 2.45) is 0 Å². The lowest BCUT2D eigenvalue weighted by Gasteiger charge is -2.32. The highest BCUT2D eigenvalue weighted by Gasteiger charge is 2.44. The Morgan fingerprint density at radius 1 is 1.32 bits per heavy atom. The van der Waals surface area contributed by atoms with Gasteiger partial charge in [0.15, 0.2) is 0 Å². The summed E-state index contributed by atoms with van der Waals surface area (Å²) in [4.78, 5) is 14.3. The van der Waals surface area contributed by atoms with Crippen LogP contribution in [-0.2, 0) is 20.5 Å². The Morgan fingerprint density at radius 3 is 2.68 bits per heavy atom. The van der Waals surface area contributed by atoms with Gasteiger partial charge in [-0.3, -0.25) is 4.79 Å². The minimum Gasteiger partial charge on any atom is -0.372 e. The molecule has 5 heteroatoms. The zero-order valence-electron chi connectivity index (χ0n) is 14.7. The van der Waals surface area contributed by atoms with E-state index in [1.807, 2.05) is 42.6 Å². The second kappa shape index (κ2) is 7.48. The molecule has 3 nitrogen and oxygen atoms in total. The van der Waals surface area contributed by atoms with Crippen molar-refractivity contribution in [3.8, 4) is 0 Å². The van der Waals surface area contributed by atoms with E-state index in [1.165, 1.54) is 4.88 Å². The van der Waals surface area contributed by atoms with Crippen LogP contribution in [0.2, 0.25) is 5.02 Å². The van der Waals surface area contributed by atoms with Crippen LogP contribution in [0.15, 0.2) is 41.8 Å². The van der Waals surface area contributed by atoms with Crippen molar-refractivity contribution >= 4 is 28.8 Å². The molecule has 0 bridgehead atoms. The molecule has 1 aromatic heterocycles. The van der Waals surface area contributed by atoms with E-state index in [0.29, 0.717) is 11.6 Å². The summed E-state index contributed by atoms with van der Waals surface area (Å²) in [5.74, 6) is 0.109.